The molecule has 0 saturated carbocycles. The van der Waals surface area contributed by atoms with Gasteiger partial charge in [0.05, 0.1) is 30.3 Å². The number of likely N-dealkylation sites (N-methyl/N-ethyl adjacent to an activating group) is 1. The Kier molecular flexibility index (Phi) is 17.1. The number of aliphatic imine (C=N–C) groups is 3. The molecule has 468 valence electrons. The topological polar surface area (TPSA) is 222 Å². The van der Waals surface area contributed by atoms with Crippen molar-refractivity contribution < 1.29 is 31.5 Å². The summed E-state index contributed by atoms with van der Waals surface area (Å²) in [7, 11) is 4.06. The van der Waals surface area contributed by atoms with Gasteiger partial charge in [-0.3, -0.25) is 19.6 Å². The van der Waals surface area contributed by atoms with Gasteiger partial charge in [-0.25, -0.2) is 43.7 Å². The van der Waals surface area contributed by atoms with Crippen molar-refractivity contribution in [2.24, 2.45) is 20.9 Å². The molecule has 2 amide bonds. The molecule has 89 heavy (non-hydrogen) atoms. The first-order chi connectivity index (χ1) is 42.6. The highest BCUT2D eigenvalue weighted by Crippen LogP contribution is 2.39. The molecular weight excluding hydrogens is 1150 g/mol. The number of piperidine rings is 1. The molecule has 6 aromatic rings. The van der Waals surface area contributed by atoms with E-state index in [0.29, 0.717) is 133 Å². The number of H-pyrrole nitrogens is 1. The van der Waals surface area contributed by atoms with Crippen LogP contribution in [0, 0.1) is 18.7 Å². The molecule has 12 rings (SSSR count). The highest BCUT2D eigenvalue weighted by molar-refractivity contribution is 6.06. The lowest BCUT2D eigenvalue weighted by Crippen LogP contribution is -2.51. The number of aromatic amines is 1. The molecule has 27 heteroatoms. The number of benzene rings is 3. The minimum atomic E-state index is -5.02. The van der Waals surface area contributed by atoms with Crippen molar-refractivity contribution in [3.8, 4) is 0 Å². The van der Waals surface area contributed by atoms with Gasteiger partial charge in [-0.2, -0.15) is 18.3 Å². The number of alkyl halides is 4. The highest BCUT2D eigenvalue weighted by atomic mass is 19.4. The summed E-state index contributed by atoms with van der Waals surface area (Å²) in [5.74, 6) is 0.0229. The highest BCUT2D eigenvalue weighted by Gasteiger charge is 2.38. The zero-order chi connectivity index (χ0) is 62.3. The maximum Gasteiger partial charge on any atom is 0.419 e. The molecule has 5 N–H and O–H groups in total. The fourth-order valence-corrected chi connectivity index (χ4v) is 11.9. The standard InChI is InChI=1S/C62H73F5N20O2/c1-37-7-8-39(57(88)73-43-27-44(62(65,66)67)52(64)48(28-43)84-21-17-82(6)18-22-84)25-45(37)74-56-54-49(31-69-59(78-54)85-23-19-83(20-24-85)32-38-11-14-81(5)15-12-38)87(36-72-56)33-41-10-9-40(58(89)76-51-29-50(79-80-51)61(2,3)4)26-46(41)75-55-53-47(70-35-71-55)30-68-60(77-53)86-16-13-42(63)34-86/h7-10,25-31,35-36,38,42,49,74H,11-24,32-34H2,1-6H3,(H,73,88)(H,70,71,75)(H2,76,79,80,89)/t42-,49?/m0/s1. The summed E-state index contributed by atoms with van der Waals surface area (Å²) in [5.41, 5.74) is 2.86. The molecule has 0 spiro atoms. The molecule has 6 aliphatic rings. The van der Waals surface area contributed by atoms with E-state index in [1.54, 1.807) is 58.7 Å². The number of aromatic nitrogens is 6. The van der Waals surface area contributed by atoms with E-state index < -0.39 is 41.6 Å². The fourth-order valence-electron chi connectivity index (χ4n) is 11.9. The predicted molar refractivity (Wildman–Crippen MR) is 335 cm³/mol. The first kappa shape index (κ1) is 60.6. The molecule has 22 nitrogen and oxygen atoms in total. The van der Waals surface area contributed by atoms with E-state index in [1.807, 2.05) is 56.8 Å². The van der Waals surface area contributed by atoms with Crippen LogP contribution in [0.1, 0.15) is 83.1 Å². The van der Waals surface area contributed by atoms with Crippen LogP contribution in [0.3, 0.4) is 0 Å². The summed E-state index contributed by atoms with van der Waals surface area (Å²) in [5, 5.41) is 19.8. The number of guanidine groups is 1. The minimum Gasteiger partial charge on any atom is -0.367 e. The number of fused-ring (bicyclic) bond motifs is 2. The van der Waals surface area contributed by atoms with Gasteiger partial charge in [0, 0.05) is 124 Å². The van der Waals surface area contributed by atoms with Crippen molar-refractivity contribution >= 4 is 81.7 Å². The number of halogens is 5. The summed E-state index contributed by atoms with van der Waals surface area (Å²) in [6.45, 7) is 16.8. The number of aryl methyl sites for hydroxylation is 1. The monoisotopic (exact) mass is 1220 g/mol. The second kappa shape index (κ2) is 25.1. The third kappa shape index (κ3) is 13.7. The maximum absolute atomic E-state index is 15.7. The number of hydrogen-bond donors (Lipinski definition) is 5. The quantitative estimate of drug-likeness (QED) is 0.0647. The van der Waals surface area contributed by atoms with Crippen LogP contribution in [0.25, 0.3) is 11.0 Å². The molecule has 3 aromatic heterocycles. The second-order valence-corrected chi connectivity index (χ2v) is 24.9. The molecule has 4 saturated heterocycles. The Morgan fingerprint density at radius 1 is 0.753 bits per heavy atom. The number of carbonyl (C=O) groups is 2. The van der Waals surface area contributed by atoms with Crippen LogP contribution in [-0.2, 0) is 18.1 Å². The number of anilines is 7. The van der Waals surface area contributed by atoms with E-state index in [2.05, 4.69) is 68.2 Å². The number of nitrogens with one attached hydrogen (secondary N) is 5. The first-order valence-electron chi connectivity index (χ1n) is 30.2. The van der Waals surface area contributed by atoms with Crippen LogP contribution < -0.4 is 31.1 Å². The van der Waals surface area contributed by atoms with Gasteiger partial charge in [0.2, 0.25) is 11.9 Å². The Hall–Kier alpha value is -8.69. The molecule has 6 aliphatic heterocycles. The van der Waals surface area contributed by atoms with Crippen molar-refractivity contribution in [1.29, 1.82) is 0 Å². The summed E-state index contributed by atoms with van der Waals surface area (Å²) >= 11 is 0. The van der Waals surface area contributed by atoms with E-state index in [-0.39, 0.29) is 35.4 Å². The van der Waals surface area contributed by atoms with Crippen molar-refractivity contribution in [3.05, 3.63) is 118 Å². The van der Waals surface area contributed by atoms with Crippen LogP contribution in [0.15, 0.2) is 93.6 Å². The van der Waals surface area contributed by atoms with Gasteiger partial charge < -0.3 is 50.7 Å². The van der Waals surface area contributed by atoms with Crippen LogP contribution in [0.2, 0.25) is 0 Å². The lowest BCUT2D eigenvalue weighted by molar-refractivity contribution is -0.139. The van der Waals surface area contributed by atoms with Gasteiger partial charge in [-0.05, 0) is 107 Å². The summed E-state index contributed by atoms with van der Waals surface area (Å²) in [6, 6.07) is 13.2. The van der Waals surface area contributed by atoms with Gasteiger partial charge in [-0.15, -0.1) is 0 Å². The molecule has 0 aliphatic carbocycles. The number of carbonyl (C=O) groups excluding carboxylic acids is 2. The van der Waals surface area contributed by atoms with Crippen molar-refractivity contribution in [2.75, 3.05) is 130 Å². The third-order valence-corrected chi connectivity index (χ3v) is 17.4. The van der Waals surface area contributed by atoms with E-state index in [9.17, 15) is 27.2 Å². The Morgan fingerprint density at radius 3 is 2.19 bits per heavy atom. The van der Waals surface area contributed by atoms with Crippen molar-refractivity contribution in [2.45, 2.75) is 77.3 Å². The summed E-state index contributed by atoms with van der Waals surface area (Å²) < 4.78 is 73.2. The predicted octanol–water partition coefficient (Wildman–Crippen LogP) is 8.35. The van der Waals surface area contributed by atoms with Gasteiger partial charge in [0.25, 0.3) is 11.8 Å². The Labute approximate surface area is 512 Å². The van der Waals surface area contributed by atoms with E-state index in [1.165, 1.54) is 25.2 Å². The molecule has 3 aromatic carbocycles. The van der Waals surface area contributed by atoms with Gasteiger partial charge in [0.15, 0.2) is 23.3 Å². The zero-order valence-electron chi connectivity index (χ0n) is 50.7. The molecule has 1 unspecified atom stereocenters. The smallest absolute Gasteiger partial charge is 0.367 e. The van der Waals surface area contributed by atoms with Crippen molar-refractivity contribution in [3.63, 3.8) is 0 Å². The molecule has 4 fully saturated rings. The van der Waals surface area contributed by atoms with E-state index in [0.717, 1.165) is 44.0 Å². The van der Waals surface area contributed by atoms with Crippen LogP contribution in [0.5, 0.6) is 0 Å². The molecule has 9 heterocycles. The normalized spacial score (nSPS) is 19.9. The summed E-state index contributed by atoms with van der Waals surface area (Å²) in [4.78, 5) is 76.3. The van der Waals surface area contributed by atoms with Crippen LogP contribution >= 0.6 is 0 Å². The largest absolute Gasteiger partial charge is 0.419 e. The maximum atomic E-state index is 15.7. The fraction of sp³-hybridized carbons (Fsp3) is 0.452. The average molecular weight is 1230 g/mol. The second-order valence-electron chi connectivity index (χ2n) is 24.9. The van der Waals surface area contributed by atoms with Crippen LogP contribution in [-0.4, -0.2) is 196 Å². The number of nitrogens with zero attached hydrogens (tertiary/aromatic N) is 15. The molecule has 0 radical (unpaired) electrons. The molecule has 0 bridgehead atoms. The van der Waals surface area contributed by atoms with Crippen molar-refractivity contribution in [1.82, 2.24) is 54.6 Å². The van der Waals surface area contributed by atoms with Gasteiger partial charge in [0.1, 0.15) is 35.3 Å². The minimum absolute atomic E-state index is 0.119. The average Bonchev–Trinajstić information content (AvgIpc) is 1.76. The Morgan fingerprint density at radius 2 is 1.47 bits per heavy atom. The van der Waals surface area contributed by atoms with E-state index in [4.69, 9.17) is 20.0 Å². The molecule has 2 atom stereocenters. The van der Waals surface area contributed by atoms with Gasteiger partial charge in [-0.1, -0.05) is 32.9 Å². The first-order valence-corrected chi connectivity index (χ1v) is 30.2. The lowest BCUT2D eigenvalue weighted by Gasteiger charge is -2.40. The van der Waals surface area contributed by atoms with Gasteiger partial charge >= 0.3 is 6.18 Å². The molecular formula is C62H73F5N20O2. The number of amides is 2. The van der Waals surface area contributed by atoms with E-state index >= 15 is 4.39 Å². The zero-order valence-corrected chi connectivity index (χ0v) is 50.7. The SMILES string of the molecule is Cc1ccc(C(=O)Nc2cc(N3CCN(C)CC3)c(F)c(C(F)(F)F)c2)cc1NC1=C2N=C(N3CCN(CC4CCN(C)CC4)CC3)N=CC2N(Cc2ccc(C(=O)Nc3cc(C(C)(C)C)[nH]n3)cc2Nc2ncnc3cnc(N4CC[C@H](F)C4)nc23)C=N1. The number of hydrogen-bond acceptors (Lipinski definition) is 19. The Balaban J connectivity index is 0.856. The third-order valence-electron chi connectivity index (χ3n) is 17.4. The number of piperazine rings is 2. The summed E-state index contributed by atoms with van der Waals surface area (Å²) in [6.07, 6.45) is 3.16. The lowest BCUT2D eigenvalue weighted by atomic mass is 9.92. The van der Waals surface area contributed by atoms with Crippen LogP contribution in [0.4, 0.5) is 62.3 Å². The Bertz CT molecular complexity index is 3760. The number of likely N-dealkylation sites (tertiary alicyclic amines) is 1. The number of rotatable bonds is 14.